The quantitative estimate of drug-likeness (QED) is 0.755. The Morgan fingerprint density at radius 1 is 1.35 bits per heavy atom. The predicted molar refractivity (Wildman–Crippen MR) is 93.8 cm³/mol. The molecule has 8 heteroatoms. The molecule has 3 N–H and O–H groups in total. The molecule has 2 amide bonds. The number of ether oxygens (including phenoxy) is 1. The molecule has 2 heterocycles. The van der Waals surface area contributed by atoms with Crippen molar-refractivity contribution in [3.63, 3.8) is 0 Å². The molecular weight excluding hydrogens is 336 g/mol. The summed E-state index contributed by atoms with van der Waals surface area (Å²) in [6.45, 7) is 2.87. The molecule has 1 saturated heterocycles. The maximum atomic E-state index is 12.2. The zero-order valence-electron chi connectivity index (χ0n) is 14.7. The molecule has 0 saturated carbocycles. The molecule has 0 radical (unpaired) electrons. The van der Waals surface area contributed by atoms with Crippen LogP contribution in [0.5, 0.6) is 0 Å². The third-order valence-corrected chi connectivity index (χ3v) is 4.64. The second-order valence-corrected chi connectivity index (χ2v) is 6.32. The number of carboxylic acid groups (broad SMARTS) is 1. The average Bonchev–Trinajstić information content (AvgIpc) is 3.20. The molecule has 3 rings (SSSR count). The lowest BCUT2D eigenvalue weighted by molar-refractivity contribution is 0.0697. The van der Waals surface area contributed by atoms with Crippen molar-refractivity contribution < 1.29 is 19.4 Å². The number of nitrogens with one attached hydrogen (secondary N) is 2. The number of nitrogens with zero attached hydrogens (tertiary/aromatic N) is 2. The highest BCUT2D eigenvalue weighted by Crippen LogP contribution is 2.30. The number of hydrogen-bond donors (Lipinski definition) is 3. The second kappa shape index (κ2) is 7.57. The Hall–Kier alpha value is -2.87. The van der Waals surface area contributed by atoms with Gasteiger partial charge in [-0.2, -0.15) is 5.10 Å². The maximum absolute atomic E-state index is 12.2. The highest BCUT2D eigenvalue weighted by Gasteiger charge is 2.33. The zero-order valence-corrected chi connectivity index (χ0v) is 14.7. The smallest absolute Gasteiger partial charge is 0.335 e. The van der Waals surface area contributed by atoms with Gasteiger partial charge in [-0.25, -0.2) is 9.59 Å². The van der Waals surface area contributed by atoms with Crippen molar-refractivity contribution in [2.75, 3.05) is 6.61 Å². The van der Waals surface area contributed by atoms with Gasteiger partial charge in [0.15, 0.2) is 0 Å². The molecule has 1 aromatic heterocycles. The van der Waals surface area contributed by atoms with Gasteiger partial charge in [0.1, 0.15) is 6.10 Å². The van der Waals surface area contributed by atoms with Crippen LogP contribution in [0.25, 0.3) is 0 Å². The molecule has 2 atom stereocenters. The molecule has 0 unspecified atom stereocenters. The molecule has 8 nitrogen and oxygen atoms in total. The fourth-order valence-electron chi connectivity index (χ4n) is 3.01. The van der Waals surface area contributed by atoms with Crippen LogP contribution in [0.3, 0.4) is 0 Å². The van der Waals surface area contributed by atoms with Gasteiger partial charge in [-0.05, 0) is 31.0 Å². The van der Waals surface area contributed by atoms with E-state index in [9.17, 15) is 9.59 Å². The minimum Gasteiger partial charge on any atom is -0.478 e. The van der Waals surface area contributed by atoms with Crippen molar-refractivity contribution in [1.29, 1.82) is 0 Å². The molecule has 138 valence electrons. The van der Waals surface area contributed by atoms with Crippen molar-refractivity contribution in [1.82, 2.24) is 20.4 Å². The highest BCUT2D eigenvalue weighted by molar-refractivity contribution is 5.87. The number of urea groups is 1. The van der Waals surface area contributed by atoms with Crippen molar-refractivity contribution >= 4 is 12.0 Å². The first-order chi connectivity index (χ1) is 12.5. The molecule has 1 aromatic carbocycles. The van der Waals surface area contributed by atoms with Crippen LogP contribution in [0.2, 0.25) is 0 Å². The first-order valence-electron chi connectivity index (χ1n) is 8.42. The first kappa shape index (κ1) is 17.9. The second-order valence-electron chi connectivity index (χ2n) is 6.32. The molecule has 2 aromatic rings. The number of aromatic nitrogens is 2. The van der Waals surface area contributed by atoms with Crippen LogP contribution in [0.4, 0.5) is 4.79 Å². The lowest BCUT2D eigenvalue weighted by Crippen LogP contribution is -2.43. The molecular formula is C18H22N4O4. The number of carbonyl (C=O) groups excluding carboxylic acids is 1. The highest BCUT2D eigenvalue weighted by atomic mass is 16.5. The lowest BCUT2D eigenvalue weighted by atomic mass is 10.0. The third-order valence-electron chi connectivity index (χ3n) is 4.64. The molecule has 1 fully saturated rings. The van der Waals surface area contributed by atoms with E-state index in [1.54, 1.807) is 23.0 Å². The number of aryl methyl sites for hydroxylation is 1. The van der Waals surface area contributed by atoms with Crippen LogP contribution in [-0.4, -0.2) is 39.5 Å². The van der Waals surface area contributed by atoms with Crippen LogP contribution in [0.15, 0.2) is 30.5 Å². The van der Waals surface area contributed by atoms with Crippen molar-refractivity contribution in [2.45, 2.75) is 32.0 Å². The minimum atomic E-state index is -0.972. The zero-order chi connectivity index (χ0) is 18.7. The monoisotopic (exact) mass is 358 g/mol. The summed E-state index contributed by atoms with van der Waals surface area (Å²) in [6.07, 6.45) is 2.31. The van der Waals surface area contributed by atoms with E-state index < -0.39 is 5.97 Å². The fraction of sp³-hybridized carbons (Fsp3) is 0.389. The Balaban J connectivity index is 1.55. The Labute approximate surface area is 151 Å². The number of aromatic carboxylic acids is 1. The average molecular weight is 358 g/mol. The Morgan fingerprint density at radius 3 is 2.69 bits per heavy atom. The maximum Gasteiger partial charge on any atom is 0.335 e. The number of benzene rings is 1. The molecule has 0 bridgehead atoms. The summed E-state index contributed by atoms with van der Waals surface area (Å²) in [5, 5.41) is 18.9. The van der Waals surface area contributed by atoms with Gasteiger partial charge in [-0.15, -0.1) is 0 Å². The van der Waals surface area contributed by atoms with Gasteiger partial charge in [-0.3, -0.25) is 4.68 Å². The molecule has 1 aliphatic heterocycles. The number of rotatable bonds is 5. The van der Waals surface area contributed by atoms with Gasteiger partial charge < -0.3 is 20.5 Å². The van der Waals surface area contributed by atoms with Gasteiger partial charge in [0.25, 0.3) is 0 Å². The number of hydrogen-bond acceptors (Lipinski definition) is 4. The topological polar surface area (TPSA) is 105 Å². The fourth-order valence-corrected chi connectivity index (χ4v) is 3.01. The van der Waals surface area contributed by atoms with Crippen LogP contribution in [0, 0.1) is 6.92 Å². The summed E-state index contributed by atoms with van der Waals surface area (Å²) in [4.78, 5) is 23.1. The molecule has 1 aliphatic rings. The van der Waals surface area contributed by atoms with Crippen molar-refractivity contribution in [2.24, 2.45) is 7.05 Å². The van der Waals surface area contributed by atoms with E-state index >= 15 is 0 Å². The van der Waals surface area contributed by atoms with Gasteiger partial charge in [0.05, 0.1) is 17.8 Å². The predicted octanol–water partition coefficient (Wildman–Crippen LogP) is 1.76. The van der Waals surface area contributed by atoms with Crippen LogP contribution in [0.1, 0.15) is 39.7 Å². The van der Waals surface area contributed by atoms with E-state index in [1.165, 1.54) is 12.1 Å². The van der Waals surface area contributed by atoms with Crippen LogP contribution < -0.4 is 10.6 Å². The van der Waals surface area contributed by atoms with E-state index in [0.717, 1.165) is 23.2 Å². The van der Waals surface area contributed by atoms with Crippen molar-refractivity contribution in [3.8, 4) is 0 Å². The number of carboxylic acids is 1. The SMILES string of the molecule is Cc1c([C@H]2OCC[C@@H]2NC(=O)NCc2ccc(C(=O)O)cc2)cnn1C. The molecule has 0 aliphatic carbocycles. The van der Waals surface area contributed by atoms with Crippen LogP contribution in [-0.2, 0) is 18.3 Å². The summed E-state index contributed by atoms with van der Waals surface area (Å²) in [6, 6.07) is 6.00. The van der Waals surface area contributed by atoms with E-state index in [2.05, 4.69) is 15.7 Å². The van der Waals surface area contributed by atoms with Gasteiger partial charge >= 0.3 is 12.0 Å². The lowest BCUT2D eigenvalue weighted by Gasteiger charge is -2.20. The van der Waals surface area contributed by atoms with Gasteiger partial charge in [0.2, 0.25) is 0 Å². The third kappa shape index (κ3) is 3.85. The summed E-state index contributed by atoms with van der Waals surface area (Å²) < 4.78 is 7.58. The molecule has 26 heavy (non-hydrogen) atoms. The summed E-state index contributed by atoms with van der Waals surface area (Å²) >= 11 is 0. The van der Waals surface area contributed by atoms with E-state index in [4.69, 9.17) is 9.84 Å². The summed E-state index contributed by atoms with van der Waals surface area (Å²) in [7, 11) is 1.87. The number of carbonyl (C=O) groups is 2. The molecule has 0 spiro atoms. The normalized spacial score (nSPS) is 19.3. The van der Waals surface area contributed by atoms with Gasteiger partial charge in [-0.1, -0.05) is 12.1 Å². The van der Waals surface area contributed by atoms with E-state index in [0.29, 0.717) is 13.2 Å². The first-order valence-corrected chi connectivity index (χ1v) is 8.42. The van der Waals surface area contributed by atoms with E-state index in [-0.39, 0.29) is 23.7 Å². The minimum absolute atomic E-state index is 0.118. The summed E-state index contributed by atoms with van der Waals surface area (Å²) in [5.41, 5.74) is 3.05. The van der Waals surface area contributed by atoms with Crippen LogP contribution >= 0.6 is 0 Å². The number of amides is 2. The summed E-state index contributed by atoms with van der Waals surface area (Å²) in [5.74, 6) is -0.972. The van der Waals surface area contributed by atoms with Gasteiger partial charge in [0, 0.05) is 31.5 Å². The standard InChI is InChI=1S/C18H22N4O4/c1-11-14(10-20-22(11)2)16-15(7-8-26-16)21-18(25)19-9-12-3-5-13(6-4-12)17(23)24/h3-6,10,15-16H,7-9H2,1-2H3,(H,23,24)(H2,19,21,25)/t15-,16+/m0/s1. The van der Waals surface area contributed by atoms with E-state index in [1.807, 2.05) is 14.0 Å². The largest absolute Gasteiger partial charge is 0.478 e. The Bertz CT molecular complexity index is 800. The Kier molecular flexibility index (Phi) is 5.22. The Morgan fingerprint density at radius 2 is 2.08 bits per heavy atom. The van der Waals surface area contributed by atoms with Crippen molar-refractivity contribution in [3.05, 3.63) is 52.8 Å².